The first-order chi connectivity index (χ1) is 8.08. The number of carbonyl (C=O) groups excluding carboxylic acids is 2. The number of aryl methyl sites for hydroxylation is 1. The molecule has 0 heterocycles. The molecule has 0 spiro atoms. The van der Waals surface area contributed by atoms with Gasteiger partial charge < -0.3 is 9.47 Å². The third-order valence-electron chi connectivity index (χ3n) is 2.28. The molecule has 92 valence electrons. The summed E-state index contributed by atoms with van der Waals surface area (Å²) in [5.74, 6) is -0.677. The summed E-state index contributed by atoms with van der Waals surface area (Å²) in [6.07, 6.45) is 0.822. The van der Waals surface area contributed by atoms with Gasteiger partial charge in [-0.2, -0.15) is 0 Å². The van der Waals surface area contributed by atoms with Gasteiger partial charge in [0.1, 0.15) is 0 Å². The number of rotatable bonds is 4. The van der Waals surface area contributed by atoms with Crippen molar-refractivity contribution in [3.05, 3.63) is 33.8 Å². The zero-order valence-corrected chi connectivity index (χ0v) is 11.2. The number of esters is 2. The van der Waals surface area contributed by atoms with Crippen LogP contribution in [0.1, 0.15) is 22.3 Å². The van der Waals surface area contributed by atoms with Gasteiger partial charge in [0.05, 0.1) is 19.8 Å². The maximum atomic E-state index is 11.4. The molecule has 0 amide bonds. The molecule has 0 aromatic heterocycles. The first-order valence-electron chi connectivity index (χ1n) is 5.02. The molecule has 0 N–H and O–H groups in total. The Balaban J connectivity index is 2.81. The molecule has 0 aliphatic carbocycles. The molecule has 0 fully saturated rings. The van der Waals surface area contributed by atoms with Crippen LogP contribution in [0.25, 0.3) is 0 Å². The number of methoxy groups -OCH3 is 2. The Hall–Kier alpha value is -1.36. The number of benzene rings is 1. The molecular weight excluding hydrogens is 288 g/mol. The molecular formula is C12H13BrO4. The van der Waals surface area contributed by atoms with Crippen LogP contribution in [0.2, 0.25) is 0 Å². The van der Waals surface area contributed by atoms with E-state index >= 15 is 0 Å². The van der Waals surface area contributed by atoms with Crippen molar-refractivity contribution in [2.75, 3.05) is 14.2 Å². The molecule has 0 unspecified atom stereocenters. The van der Waals surface area contributed by atoms with Crippen LogP contribution >= 0.6 is 15.9 Å². The molecule has 4 nitrogen and oxygen atoms in total. The Morgan fingerprint density at radius 1 is 1.24 bits per heavy atom. The summed E-state index contributed by atoms with van der Waals surface area (Å²) >= 11 is 3.27. The lowest BCUT2D eigenvalue weighted by Crippen LogP contribution is -2.05. The van der Waals surface area contributed by atoms with Crippen molar-refractivity contribution in [3.63, 3.8) is 0 Å². The Bertz CT molecular complexity index is 429. The molecule has 0 saturated carbocycles. The van der Waals surface area contributed by atoms with Crippen molar-refractivity contribution in [2.24, 2.45) is 0 Å². The van der Waals surface area contributed by atoms with Crippen LogP contribution in [-0.2, 0) is 20.7 Å². The molecule has 0 saturated heterocycles. The summed E-state index contributed by atoms with van der Waals surface area (Å²) in [6.45, 7) is 0. The van der Waals surface area contributed by atoms with Crippen LogP contribution < -0.4 is 0 Å². The van der Waals surface area contributed by atoms with Crippen molar-refractivity contribution in [1.82, 2.24) is 0 Å². The fraction of sp³-hybridized carbons (Fsp3) is 0.333. The van der Waals surface area contributed by atoms with E-state index in [9.17, 15) is 9.59 Å². The third kappa shape index (κ3) is 3.85. The number of halogens is 1. The van der Waals surface area contributed by atoms with E-state index in [0.717, 1.165) is 5.56 Å². The second kappa shape index (κ2) is 6.39. The van der Waals surface area contributed by atoms with Crippen molar-refractivity contribution in [2.45, 2.75) is 12.8 Å². The third-order valence-corrected chi connectivity index (χ3v) is 2.97. The van der Waals surface area contributed by atoms with E-state index in [-0.39, 0.29) is 5.97 Å². The first-order valence-corrected chi connectivity index (χ1v) is 5.81. The highest BCUT2D eigenvalue weighted by atomic mass is 79.9. The molecule has 0 radical (unpaired) electrons. The van der Waals surface area contributed by atoms with Crippen LogP contribution in [0.5, 0.6) is 0 Å². The van der Waals surface area contributed by atoms with Crippen LogP contribution in [-0.4, -0.2) is 26.2 Å². The highest BCUT2D eigenvalue weighted by Crippen LogP contribution is 2.20. The zero-order chi connectivity index (χ0) is 12.8. The van der Waals surface area contributed by atoms with Gasteiger partial charge in [0.2, 0.25) is 0 Å². The summed E-state index contributed by atoms with van der Waals surface area (Å²) < 4.78 is 9.89. The van der Waals surface area contributed by atoms with Crippen LogP contribution in [0.15, 0.2) is 22.7 Å². The number of hydrogen-bond acceptors (Lipinski definition) is 4. The van der Waals surface area contributed by atoms with Crippen molar-refractivity contribution >= 4 is 27.9 Å². The molecule has 0 aliphatic rings. The van der Waals surface area contributed by atoms with Crippen LogP contribution in [0.4, 0.5) is 0 Å². The number of hydrogen-bond donors (Lipinski definition) is 0. The summed E-state index contributed by atoms with van der Waals surface area (Å²) in [5.41, 5.74) is 1.34. The van der Waals surface area contributed by atoms with E-state index in [2.05, 4.69) is 25.4 Å². The lowest BCUT2D eigenvalue weighted by molar-refractivity contribution is -0.140. The molecule has 0 atom stereocenters. The molecule has 5 heteroatoms. The molecule has 0 bridgehead atoms. The summed E-state index contributed by atoms with van der Waals surface area (Å²) in [5, 5.41) is 0. The monoisotopic (exact) mass is 300 g/mol. The first kappa shape index (κ1) is 13.7. The Morgan fingerprint density at radius 2 is 1.94 bits per heavy atom. The Kier molecular flexibility index (Phi) is 5.15. The largest absolute Gasteiger partial charge is 0.469 e. The lowest BCUT2D eigenvalue weighted by atomic mass is 10.1. The molecule has 1 aromatic rings. The van der Waals surface area contributed by atoms with Crippen molar-refractivity contribution in [3.8, 4) is 0 Å². The van der Waals surface area contributed by atoms with E-state index < -0.39 is 5.97 Å². The van der Waals surface area contributed by atoms with E-state index in [1.807, 2.05) is 6.07 Å². The van der Waals surface area contributed by atoms with E-state index in [1.165, 1.54) is 14.2 Å². The zero-order valence-electron chi connectivity index (χ0n) is 9.66. The number of ether oxygens (including phenoxy) is 2. The molecule has 0 aliphatic heterocycles. The minimum absolute atomic E-state index is 0.271. The van der Waals surface area contributed by atoms with Gasteiger partial charge in [0.25, 0.3) is 0 Å². The van der Waals surface area contributed by atoms with Crippen LogP contribution in [0, 0.1) is 0 Å². The second-order valence-corrected chi connectivity index (χ2v) is 4.24. The maximum absolute atomic E-state index is 11.4. The van der Waals surface area contributed by atoms with Crippen molar-refractivity contribution in [1.29, 1.82) is 0 Å². The predicted molar refractivity (Wildman–Crippen MR) is 65.8 cm³/mol. The predicted octanol–water partition coefficient (Wildman–Crippen LogP) is 2.34. The summed E-state index contributed by atoms with van der Waals surface area (Å²) in [4.78, 5) is 22.4. The summed E-state index contributed by atoms with van der Waals surface area (Å²) in [6, 6.07) is 5.32. The second-order valence-electron chi connectivity index (χ2n) is 3.38. The average molecular weight is 301 g/mol. The van der Waals surface area contributed by atoms with Gasteiger partial charge in [-0.3, -0.25) is 4.79 Å². The molecule has 17 heavy (non-hydrogen) atoms. The quantitative estimate of drug-likeness (QED) is 0.801. The van der Waals surface area contributed by atoms with Gasteiger partial charge in [0, 0.05) is 10.9 Å². The fourth-order valence-electron chi connectivity index (χ4n) is 1.34. The smallest absolute Gasteiger partial charge is 0.339 e. The van der Waals surface area contributed by atoms with Crippen LogP contribution in [0.3, 0.4) is 0 Å². The van der Waals surface area contributed by atoms with E-state index in [1.54, 1.807) is 12.1 Å². The van der Waals surface area contributed by atoms with Gasteiger partial charge in [-0.1, -0.05) is 6.07 Å². The average Bonchev–Trinajstić information content (AvgIpc) is 2.36. The minimum Gasteiger partial charge on any atom is -0.469 e. The molecule has 1 aromatic carbocycles. The highest BCUT2D eigenvalue weighted by molar-refractivity contribution is 9.10. The lowest BCUT2D eigenvalue weighted by Gasteiger charge is -2.06. The van der Waals surface area contributed by atoms with Gasteiger partial charge in [-0.15, -0.1) is 0 Å². The summed E-state index contributed by atoms with van der Waals surface area (Å²) in [7, 11) is 2.68. The van der Waals surface area contributed by atoms with Crippen molar-refractivity contribution < 1.29 is 19.1 Å². The normalized spacial score (nSPS) is 9.82. The number of carbonyl (C=O) groups is 2. The Morgan fingerprint density at radius 3 is 2.53 bits per heavy atom. The van der Waals surface area contributed by atoms with E-state index in [0.29, 0.717) is 22.9 Å². The van der Waals surface area contributed by atoms with Gasteiger partial charge in [-0.05, 0) is 40.0 Å². The topological polar surface area (TPSA) is 52.6 Å². The fourth-order valence-corrected chi connectivity index (χ4v) is 1.75. The SMILES string of the molecule is COC(=O)CCc1ccc(Br)c(C(=O)OC)c1. The standard InChI is InChI=1S/C12H13BrO4/c1-16-11(14)6-4-8-3-5-10(13)9(7-8)12(15)17-2/h3,5,7H,4,6H2,1-2H3. The maximum Gasteiger partial charge on any atom is 0.339 e. The Labute approximate surface area is 108 Å². The molecule has 1 rings (SSSR count). The van der Waals surface area contributed by atoms with Gasteiger partial charge in [0.15, 0.2) is 0 Å². The van der Waals surface area contributed by atoms with E-state index in [4.69, 9.17) is 0 Å². The van der Waals surface area contributed by atoms with Gasteiger partial charge in [-0.25, -0.2) is 4.79 Å². The van der Waals surface area contributed by atoms with Gasteiger partial charge >= 0.3 is 11.9 Å². The minimum atomic E-state index is -0.406. The highest BCUT2D eigenvalue weighted by Gasteiger charge is 2.11.